The molecule has 0 aromatic rings. The van der Waals surface area contributed by atoms with Gasteiger partial charge >= 0.3 is 0 Å². The minimum absolute atomic E-state index is 0.0186. The van der Waals surface area contributed by atoms with Gasteiger partial charge in [0.1, 0.15) is 0 Å². The van der Waals surface area contributed by atoms with Crippen LogP contribution in [-0.4, -0.2) is 29.1 Å². The molecule has 1 saturated carbocycles. The highest BCUT2D eigenvalue weighted by Gasteiger charge is 2.43. The summed E-state index contributed by atoms with van der Waals surface area (Å²) in [6.07, 6.45) is 5.06. The molecule has 18 heavy (non-hydrogen) atoms. The van der Waals surface area contributed by atoms with Crippen LogP contribution in [0.3, 0.4) is 0 Å². The molecular weight excluding hydrogens is 224 g/mol. The van der Waals surface area contributed by atoms with E-state index in [4.69, 9.17) is 0 Å². The minimum atomic E-state index is 0.0186. The molecule has 2 fully saturated rings. The number of amides is 1. The second kappa shape index (κ2) is 4.84. The van der Waals surface area contributed by atoms with Gasteiger partial charge in [0.05, 0.1) is 12.2 Å². The number of nitrogens with zero attached hydrogens (tertiary/aromatic N) is 1. The van der Waals surface area contributed by atoms with Gasteiger partial charge in [-0.25, -0.2) is 0 Å². The standard InChI is InChI=1S/C15H28N2O/c1-10(2)13-14(18)17(11(3)16-13)12-7-6-8-15(4,5)9-12/h10-13,16H,6-9H2,1-5H3. The number of carbonyl (C=O) groups is 1. The highest BCUT2D eigenvalue weighted by atomic mass is 16.2. The number of hydrogen-bond acceptors (Lipinski definition) is 2. The lowest BCUT2D eigenvalue weighted by Gasteiger charge is -2.41. The Balaban J connectivity index is 2.11. The minimum Gasteiger partial charge on any atom is -0.323 e. The number of rotatable bonds is 2. The van der Waals surface area contributed by atoms with E-state index in [1.54, 1.807) is 0 Å². The highest BCUT2D eigenvalue weighted by molar-refractivity contribution is 5.84. The van der Waals surface area contributed by atoms with Crippen LogP contribution in [0.5, 0.6) is 0 Å². The molecule has 104 valence electrons. The van der Waals surface area contributed by atoms with Gasteiger partial charge in [-0.1, -0.05) is 34.1 Å². The van der Waals surface area contributed by atoms with Gasteiger partial charge in [0.15, 0.2) is 0 Å². The fourth-order valence-corrected chi connectivity index (χ4v) is 3.63. The van der Waals surface area contributed by atoms with Crippen molar-refractivity contribution in [2.24, 2.45) is 11.3 Å². The highest BCUT2D eigenvalue weighted by Crippen LogP contribution is 2.38. The van der Waals surface area contributed by atoms with E-state index >= 15 is 0 Å². The molecule has 2 aliphatic rings. The summed E-state index contributed by atoms with van der Waals surface area (Å²) in [6.45, 7) is 11.0. The van der Waals surface area contributed by atoms with E-state index in [1.165, 1.54) is 19.3 Å². The maximum atomic E-state index is 12.5. The van der Waals surface area contributed by atoms with Crippen LogP contribution in [0.15, 0.2) is 0 Å². The summed E-state index contributed by atoms with van der Waals surface area (Å²) < 4.78 is 0. The summed E-state index contributed by atoms with van der Waals surface area (Å²) in [5.74, 6) is 0.696. The zero-order valence-electron chi connectivity index (χ0n) is 12.5. The molecule has 0 bridgehead atoms. The number of hydrogen-bond donors (Lipinski definition) is 1. The maximum absolute atomic E-state index is 12.5. The lowest BCUT2D eigenvalue weighted by Crippen LogP contribution is -2.46. The third-order valence-corrected chi connectivity index (χ3v) is 4.60. The van der Waals surface area contributed by atoms with Gasteiger partial charge in [0, 0.05) is 6.04 Å². The van der Waals surface area contributed by atoms with Gasteiger partial charge in [0.2, 0.25) is 5.91 Å². The molecule has 3 unspecified atom stereocenters. The Morgan fingerprint density at radius 2 is 2.06 bits per heavy atom. The molecule has 1 saturated heterocycles. The van der Waals surface area contributed by atoms with E-state index in [0.29, 0.717) is 23.3 Å². The van der Waals surface area contributed by atoms with Crippen LogP contribution in [0.1, 0.15) is 60.3 Å². The molecule has 3 heteroatoms. The van der Waals surface area contributed by atoms with E-state index in [2.05, 4.69) is 44.8 Å². The van der Waals surface area contributed by atoms with Crippen molar-refractivity contribution in [1.82, 2.24) is 10.2 Å². The van der Waals surface area contributed by atoms with Gasteiger partial charge in [0.25, 0.3) is 0 Å². The smallest absolute Gasteiger partial charge is 0.241 e. The van der Waals surface area contributed by atoms with Crippen LogP contribution in [0.25, 0.3) is 0 Å². The topological polar surface area (TPSA) is 32.3 Å². The van der Waals surface area contributed by atoms with Gasteiger partial charge < -0.3 is 4.90 Å². The van der Waals surface area contributed by atoms with E-state index < -0.39 is 0 Å². The number of nitrogens with one attached hydrogen (secondary N) is 1. The molecule has 3 atom stereocenters. The van der Waals surface area contributed by atoms with Crippen LogP contribution in [-0.2, 0) is 4.79 Å². The van der Waals surface area contributed by atoms with Crippen LogP contribution in [0, 0.1) is 11.3 Å². The van der Waals surface area contributed by atoms with E-state index in [-0.39, 0.29) is 12.2 Å². The first-order chi connectivity index (χ1) is 8.32. The molecule has 0 aromatic carbocycles. The normalized spacial score (nSPS) is 36.4. The Kier molecular flexibility index (Phi) is 3.72. The molecule has 0 radical (unpaired) electrons. The van der Waals surface area contributed by atoms with E-state index in [1.807, 2.05) is 0 Å². The summed E-state index contributed by atoms with van der Waals surface area (Å²) in [7, 11) is 0. The van der Waals surface area contributed by atoms with Crippen LogP contribution in [0.2, 0.25) is 0 Å². The van der Waals surface area contributed by atoms with Crippen molar-refractivity contribution in [1.29, 1.82) is 0 Å². The van der Waals surface area contributed by atoms with Gasteiger partial charge in [-0.15, -0.1) is 0 Å². The summed E-state index contributed by atoms with van der Waals surface area (Å²) >= 11 is 0. The average Bonchev–Trinajstić information content (AvgIpc) is 2.53. The summed E-state index contributed by atoms with van der Waals surface area (Å²) in [6, 6.07) is 0.456. The Labute approximate surface area is 111 Å². The molecule has 1 amide bonds. The maximum Gasteiger partial charge on any atom is 0.241 e. The zero-order chi connectivity index (χ0) is 13.5. The van der Waals surface area contributed by atoms with Crippen LogP contribution >= 0.6 is 0 Å². The van der Waals surface area contributed by atoms with Crippen molar-refractivity contribution in [2.75, 3.05) is 0 Å². The Bertz CT molecular complexity index is 324. The summed E-state index contributed by atoms with van der Waals surface area (Å²) in [5.41, 5.74) is 0.388. The van der Waals surface area contributed by atoms with Crippen LogP contribution in [0.4, 0.5) is 0 Å². The first kappa shape index (κ1) is 13.9. The Hall–Kier alpha value is -0.570. The predicted octanol–water partition coefficient (Wildman–Crippen LogP) is 2.76. The fraction of sp³-hybridized carbons (Fsp3) is 0.933. The second-order valence-corrected chi connectivity index (χ2v) is 7.22. The molecule has 0 spiro atoms. The van der Waals surface area contributed by atoms with Crippen molar-refractivity contribution in [3.05, 3.63) is 0 Å². The van der Waals surface area contributed by atoms with E-state index in [9.17, 15) is 4.79 Å². The van der Waals surface area contributed by atoms with Crippen LogP contribution < -0.4 is 5.32 Å². The third-order valence-electron chi connectivity index (χ3n) is 4.60. The summed E-state index contributed by atoms with van der Waals surface area (Å²) in [4.78, 5) is 14.7. The zero-order valence-corrected chi connectivity index (χ0v) is 12.5. The fourth-order valence-electron chi connectivity index (χ4n) is 3.63. The first-order valence-electron chi connectivity index (χ1n) is 7.40. The quantitative estimate of drug-likeness (QED) is 0.819. The largest absolute Gasteiger partial charge is 0.323 e. The molecule has 0 aromatic heterocycles. The average molecular weight is 252 g/mol. The third kappa shape index (κ3) is 2.56. The van der Waals surface area contributed by atoms with Crippen molar-refractivity contribution >= 4 is 5.91 Å². The van der Waals surface area contributed by atoms with E-state index in [0.717, 1.165) is 6.42 Å². The predicted molar refractivity (Wildman–Crippen MR) is 74.1 cm³/mol. The first-order valence-corrected chi connectivity index (χ1v) is 7.40. The molecule has 2 rings (SSSR count). The Morgan fingerprint density at radius 1 is 1.39 bits per heavy atom. The van der Waals surface area contributed by atoms with Gasteiger partial charge in [-0.3, -0.25) is 10.1 Å². The van der Waals surface area contributed by atoms with Crippen molar-refractivity contribution in [3.63, 3.8) is 0 Å². The SMILES string of the molecule is CC(C)C1NC(C)N(C2CCCC(C)(C)C2)C1=O. The van der Waals surface area contributed by atoms with Gasteiger partial charge in [-0.2, -0.15) is 0 Å². The van der Waals surface area contributed by atoms with Crippen molar-refractivity contribution < 1.29 is 4.79 Å². The van der Waals surface area contributed by atoms with Gasteiger partial charge in [-0.05, 0) is 37.5 Å². The van der Waals surface area contributed by atoms with Crippen molar-refractivity contribution in [2.45, 2.75) is 78.6 Å². The molecule has 1 N–H and O–H groups in total. The lowest BCUT2D eigenvalue weighted by molar-refractivity contribution is -0.134. The molecule has 1 heterocycles. The number of carbonyl (C=O) groups excluding carboxylic acids is 1. The second-order valence-electron chi connectivity index (χ2n) is 7.22. The van der Waals surface area contributed by atoms with Crippen molar-refractivity contribution in [3.8, 4) is 0 Å². The molecule has 3 nitrogen and oxygen atoms in total. The molecule has 1 aliphatic heterocycles. The lowest BCUT2D eigenvalue weighted by atomic mass is 9.74. The molecule has 1 aliphatic carbocycles. The monoisotopic (exact) mass is 252 g/mol. The molecular formula is C15H28N2O. The Morgan fingerprint density at radius 3 is 2.56 bits per heavy atom. The summed E-state index contributed by atoms with van der Waals surface area (Å²) in [5, 5.41) is 3.45.